The van der Waals surface area contributed by atoms with Crippen molar-refractivity contribution in [2.75, 3.05) is 0 Å². The van der Waals surface area contributed by atoms with Gasteiger partial charge in [0.2, 0.25) is 17.7 Å². The maximum Gasteiger partial charge on any atom is 0.223 e. The number of aromatic nitrogens is 8. The Kier molecular flexibility index (Phi) is 12.7. The highest BCUT2D eigenvalue weighted by Crippen LogP contribution is 2.04. The van der Waals surface area contributed by atoms with Crippen LogP contribution in [0.15, 0.2) is 30.1 Å². The molecule has 35 heavy (non-hydrogen) atoms. The summed E-state index contributed by atoms with van der Waals surface area (Å²) in [5.74, 6) is 5.04. The predicted octanol–water partition coefficient (Wildman–Crippen LogP) is 5.11. The van der Waals surface area contributed by atoms with Crippen LogP contribution in [0.4, 0.5) is 0 Å². The quantitative estimate of drug-likeness (QED) is 0.275. The minimum Gasteiger partial charge on any atom is -0.446 e. The normalized spacial score (nSPS) is 9.43. The van der Waals surface area contributed by atoms with Gasteiger partial charge < -0.3 is 17.9 Å². The van der Waals surface area contributed by atoms with E-state index in [9.17, 15) is 0 Å². The lowest BCUT2D eigenvalue weighted by atomic mass is 10.4. The van der Waals surface area contributed by atoms with Gasteiger partial charge >= 0.3 is 0 Å². The summed E-state index contributed by atoms with van der Waals surface area (Å²) in [4.78, 5) is 7.68. The lowest BCUT2D eigenvalue weighted by Crippen LogP contribution is -1.70. The van der Waals surface area contributed by atoms with Gasteiger partial charge in [-0.2, -0.15) is 4.98 Å². The molecule has 0 amide bonds. The Morgan fingerprint density at radius 2 is 1.20 bits per heavy atom. The van der Waals surface area contributed by atoms with Gasteiger partial charge in [-0.1, -0.05) is 10.3 Å². The molecule has 5 aromatic heterocycles. The van der Waals surface area contributed by atoms with Gasteiger partial charge in [-0.3, -0.25) is 0 Å². The first kappa shape index (κ1) is 29.3. The molecule has 0 N–H and O–H groups in total. The van der Waals surface area contributed by atoms with Crippen LogP contribution in [0, 0.1) is 69.2 Å². The van der Waals surface area contributed by atoms with Gasteiger partial charge in [-0.05, 0) is 41.5 Å². The van der Waals surface area contributed by atoms with E-state index in [4.69, 9.17) is 13.4 Å². The molecule has 0 aliphatic rings. The average molecular weight is 505 g/mol. The molecular weight excluding hydrogens is 472 g/mol. The van der Waals surface area contributed by atoms with E-state index in [0.717, 1.165) is 33.1 Å². The fourth-order valence-electron chi connectivity index (χ4n) is 2.15. The molecule has 0 aromatic carbocycles. The molecule has 0 unspecified atom stereocenters. The molecule has 13 heteroatoms. The van der Waals surface area contributed by atoms with Crippen LogP contribution >= 0.6 is 11.3 Å². The second-order valence-corrected chi connectivity index (χ2v) is 8.50. The fourth-order valence-corrected chi connectivity index (χ4v) is 2.74. The van der Waals surface area contributed by atoms with E-state index in [0.29, 0.717) is 23.5 Å². The molecule has 12 nitrogen and oxygen atoms in total. The Labute approximate surface area is 208 Å². The van der Waals surface area contributed by atoms with Crippen molar-refractivity contribution >= 4 is 11.3 Å². The number of hydrogen-bond donors (Lipinski definition) is 0. The Balaban J connectivity index is 0.000000219. The number of aryl methyl sites for hydroxylation is 10. The van der Waals surface area contributed by atoms with Crippen LogP contribution in [-0.2, 0) is 0 Å². The summed E-state index contributed by atoms with van der Waals surface area (Å²) >= 11 is 1.62. The zero-order valence-corrected chi connectivity index (χ0v) is 22.6. The summed E-state index contributed by atoms with van der Waals surface area (Å²) in [5, 5.41) is 24.0. The summed E-state index contributed by atoms with van der Waals surface area (Å²) < 4.78 is 19.2. The minimum absolute atomic E-state index is 0.623. The van der Waals surface area contributed by atoms with Gasteiger partial charge in [0, 0.05) is 33.8 Å². The van der Waals surface area contributed by atoms with Crippen molar-refractivity contribution in [2.45, 2.75) is 69.2 Å². The van der Waals surface area contributed by atoms with Crippen LogP contribution in [0.25, 0.3) is 0 Å². The van der Waals surface area contributed by atoms with Crippen LogP contribution in [0.1, 0.15) is 56.6 Å². The molecule has 0 aliphatic heterocycles. The van der Waals surface area contributed by atoms with Crippen molar-refractivity contribution in [3.63, 3.8) is 0 Å². The Morgan fingerprint density at radius 1 is 0.600 bits per heavy atom. The summed E-state index contributed by atoms with van der Waals surface area (Å²) in [6.45, 7) is 18.5. The highest BCUT2D eigenvalue weighted by molar-refractivity contribution is 7.11. The van der Waals surface area contributed by atoms with Crippen LogP contribution in [0.2, 0.25) is 0 Å². The van der Waals surface area contributed by atoms with E-state index in [1.54, 1.807) is 45.2 Å². The van der Waals surface area contributed by atoms with Crippen molar-refractivity contribution in [1.29, 1.82) is 0 Å². The molecule has 0 atom stereocenters. The zero-order chi connectivity index (χ0) is 26.4. The maximum atomic E-state index is 4.97. The average Bonchev–Trinajstić information content (AvgIpc) is 3.59. The molecule has 5 heterocycles. The fraction of sp³-hybridized carbons (Fsp3) is 0.455. The molecule has 0 saturated heterocycles. The molecule has 190 valence electrons. The highest BCUT2D eigenvalue weighted by atomic mass is 32.1. The highest BCUT2D eigenvalue weighted by Gasteiger charge is 1.91. The first-order valence-corrected chi connectivity index (χ1v) is 11.4. The second-order valence-electron chi connectivity index (χ2n) is 7.11. The standard InChI is InChI=1S/2C5H7NO.2C4H6N2O.C4H6N2S/c1-4-3-6-5(2)7-4;1-4-3-5(2)7-6-4;1-3-5-6-4(2)7-3;1-3-5-4(2)7-6-3;1-3-5-6-4(2)7-3/h2*3H,1-2H3;3*1-2H3. The number of oxazole rings is 1. The monoisotopic (exact) mass is 504 g/mol. The van der Waals surface area contributed by atoms with E-state index in [2.05, 4.69) is 45.2 Å². The maximum absolute atomic E-state index is 4.97. The van der Waals surface area contributed by atoms with Crippen LogP contribution in [0.3, 0.4) is 0 Å². The summed E-state index contributed by atoms with van der Waals surface area (Å²) in [5.41, 5.74) is 0.942. The summed E-state index contributed by atoms with van der Waals surface area (Å²) in [6, 6.07) is 1.89. The van der Waals surface area contributed by atoms with Crippen molar-refractivity contribution < 1.29 is 17.9 Å². The summed E-state index contributed by atoms with van der Waals surface area (Å²) in [7, 11) is 0. The van der Waals surface area contributed by atoms with Crippen molar-refractivity contribution in [2.24, 2.45) is 0 Å². The molecule has 5 rings (SSSR count). The number of rotatable bonds is 0. The van der Waals surface area contributed by atoms with E-state index in [1.165, 1.54) is 0 Å². The molecule has 5 aromatic rings. The lowest BCUT2D eigenvalue weighted by molar-refractivity contribution is 0.389. The van der Waals surface area contributed by atoms with Gasteiger partial charge in [-0.15, -0.1) is 31.7 Å². The molecule has 0 spiro atoms. The SMILES string of the molecule is Cc1cc(C)on1.Cc1cnc(C)o1.Cc1nnc(C)o1.Cc1nnc(C)s1.Cc1noc(C)n1. The minimum atomic E-state index is 0.623. The van der Waals surface area contributed by atoms with Crippen molar-refractivity contribution in [3.05, 3.63) is 68.9 Å². The zero-order valence-electron chi connectivity index (χ0n) is 21.8. The van der Waals surface area contributed by atoms with Gasteiger partial charge in [-0.25, -0.2) is 4.98 Å². The first-order chi connectivity index (χ1) is 16.4. The topological polar surface area (TPSA) is 156 Å². The molecule has 0 fully saturated rings. The Hall–Kier alpha value is -3.74. The third-order valence-electron chi connectivity index (χ3n) is 3.37. The number of nitrogens with zero attached hydrogens (tertiary/aromatic N) is 8. The predicted molar refractivity (Wildman–Crippen MR) is 129 cm³/mol. The molecular formula is C22H32N8O4S. The van der Waals surface area contributed by atoms with Gasteiger partial charge in [0.1, 0.15) is 21.5 Å². The second kappa shape index (κ2) is 15.2. The van der Waals surface area contributed by atoms with E-state index in [-0.39, 0.29) is 0 Å². The Bertz CT molecular complexity index is 933. The van der Waals surface area contributed by atoms with Crippen LogP contribution in [-0.4, -0.2) is 40.7 Å². The van der Waals surface area contributed by atoms with Gasteiger partial charge in [0.05, 0.1) is 11.9 Å². The van der Waals surface area contributed by atoms with Gasteiger partial charge in [0.15, 0.2) is 11.7 Å². The van der Waals surface area contributed by atoms with E-state index < -0.39 is 0 Å². The lowest BCUT2D eigenvalue weighted by Gasteiger charge is -1.73. The van der Waals surface area contributed by atoms with E-state index in [1.807, 2.05) is 47.6 Å². The molecule has 0 radical (unpaired) electrons. The van der Waals surface area contributed by atoms with Crippen molar-refractivity contribution in [1.82, 2.24) is 40.7 Å². The third kappa shape index (κ3) is 14.2. The Morgan fingerprint density at radius 3 is 1.34 bits per heavy atom. The first-order valence-electron chi connectivity index (χ1n) is 10.5. The van der Waals surface area contributed by atoms with Gasteiger partial charge in [0.25, 0.3) is 0 Å². The van der Waals surface area contributed by atoms with E-state index >= 15 is 0 Å². The molecule has 0 aliphatic carbocycles. The number of hydrogen-bond acceptors (Lipinski definition) is 13. The molecule has 0 bridgehead atoms. The van der Waals surface area contributed by atoms with Crippen LogP contribution in [0.5, 0.6) is 0 Å². The molecule has 0 saturated carbocycles. The summed E-state index contributed by atoms with van der Waals surface area (Å²) in [6.07, 6.45) is 1.70. The third-order valence-corrected chi connectivity index (χ3v) is 4.12. The smallest absolute Gasteiger partial charge is 0.223 e. The van der Waals surface area contributed by atoms with Crippen LogP contribution < -0.4 is 0 Å². The van der Waals surface area contributed by atoms with Crippen molar-refractivity contribution in [3.8, 4) is 0 Å². The largest absolute Gasteiger partial charge is 0.446 e.